The zero-order valence-corrected chi connectivity index (χ0v) is 9.08. The third kappa shape index (κ3) is 1.78. The summed E-state index contributed by atoms with van der Waals surface area (Å²) in [4.78, 5) is 4.57. The Kier molecular flexibility index (Phi) is 2.24. The number of nitrogens with two attached hydrogens (primary N) is 1. The largest absolute Gasteiger partial charge is 0.324 e. The molecule has 1 unspecified atom stereocenters. The van der Waals surface area contributed by atoms with Gasteiger partial charge in [-0.05, 0) is 55.6 Å². The number of pyridine rings is 1. The predicted octanol–water partition coefficient (Wildman–Crippen LogP) is 2.37. The SMILES string of the molecule is NC(c1cnc2c(c1)CCCC2)C1CC1. The highest BCUT2D eigenvalue weighted by Gasteiger charge is 2.30. The van der Waals surface area contributed by atoms with E-state index in [-0.39, 0.29) is 6.04 Å². The van der Waals surface area contributed by atoms with Crippen LogP contribution in [-0.2, 0) is 12.8 Å². The molecule has 0 bridgehead atoms. The molecular weight excluding hydrogens is 184 g/mol. The summed E-state index contributed by atoms with van der Waals surface area (Å²) in [6.45, 7) is 0. The first-order valence-corrected chi connectivity index (χ1v) is 6.08. The minimum absolute atomic E-state index is 0.240. The summed E-state index contributed by atoms with van der Waals surface area (Å²) in [6, 6.07) is 2.55. The second kappa shape index (κ2) is 3.60. The standard InChI is InChI=1S/C13H18N2/c14-13(9-5-6-9)11-7-10-3-1-2-4-12(10)15-8-11/h7-9,13H,1-6,14H2. The summed E-state index contributed by atoms with van der Waals surface area (Å²) in [5.41, 5.74) is 10.2. The minimum Gasteiger partial charge on any atom is -0.324 e. The van der Waals surface area contributed by atoms with Crippen LogP contribution in [0, 0.1) is 5.92 Å². The number of aryl methyl sites for hydroxylation is 2. The third-order valence-electron chi connectivity index (χ3n) is 3.71. The number of aromatic nitrogens is 1. The molecule has 0 radical (unpaired) electrons. The van der Waals surface area contributed by atoms with Crippen LogP contribution in [0.15, 0.2) is 12.3 Å². The van der Waals surface area contributed by atoms with E-state index in [0.29, 0.717) is 0 Å². The Labute approximate surface area is 90.9 Å². The fraction of sp³-hybridized carbons (Fsp3) is 0.615. The number of rotatable bonds is 2. The van der Waals surface area contributed by atoms with Gasteiger partial charge in [-0.1, -0.05) is 6.07 Å². The van der Waals surface area contributed by atoms with Crippen LogP contribution in [0.25, 0.3) is 0 Å². The van der Waals surface area contributed by atoms with E-state index in [1.54, 1.807) is 0 Å². The van der Waals surface area contributed by atoms with Crippen molar-refractivity contribution in [3.63, 3.8) is 0 Å². The average molecular weight is 202 g/mol. The average Bonchev–Trinajstić information content (AvgIpc) is 3.11. The Balaban J connectivity index is 1.89. The molecule has 0 spiro atoms. The van der Waals surface area contributed by atoms with Crippen LogP contribution >= 0.6 is 0 Å². The Morgan fingerprint density at radius 2 is 2.07 bits per heavy atom. The predicted molar refractivity (Wildman–Crippen MR) is 60.5 cm³/mol. The molecule has 2 N–H and O–H groups in total. The molecule has 0 saturated heterocycles. The monoisotopic (exact) mass is 202 g/mol. The first kappa shape index (κ1) is 9.34. The molecule has 2 nitrogen and oxygen atoms in total. The van der Waals surface area contributed by atoms with Gasteiger partial charge in [0, 0.05) is 17.9 Å². The first-order chi connectivity index (χ1) is 7.34. The molecule has 1 aromatic heterocycles. The van der Waals surface area contributed by atoms with Crippen molar-refractivity contribution in [2.45, 2.75) is 44.6 Å². The van der Waals surface area contributed by atoms with E-state index in [9.17, 15) is 0 Å². The normalized spacial score (nSPS) is 22.2. The fourth-order valence-corrected chi connectivity index (χ4v) is 2.52. The number of fused-ring (bicyclic) bond motifs is 1. The van der Waals surface area contributed by atoms with E-state index in [4.69, 9.17) is 5.73 Å². The van der Waals surface area contributed by atoms with Crippen LogP contribution < -0.4 is 5.73 Å². The molecule has 1 saturated carbocycles. The van der Waals surface area contributed by atoms with E-state index in [2.05, 4.69) is 11.1 Å². The second-order valence-electron chi connectivity index (χ2n) is 4.94. The van der Waals surface area contributed by atoms with Gasteiger partial charge >= 0.3 is 0 Å². The first-order valence-electron chi connectivity index (χ1n) is 6.08. The molecule has 1 heterocycles. The van der Waals surface area contributed by atoms with E-state index in [1.165, 1.54) is 48.9 Å². The summed E-state index contributed by atoms with van der Waals surface area (Å²) in [7, 11) is 0. The molecule has 2 heteroatoms. The molecular formula is C13H18N2. The van der Waals surface area contributed by atoms with Gasteiger partial charge in [0.25, 0.3) is 0 Å². The van der Waals surface area contributed by atoms with E-state index < -0.39 is 0 Å². The van der Waals surface area contributed by atoms with Gasteiger partial charge in [-0.3, -0.25) is 4.98 Å². The van der Waals surface area contributed by atoms with Crippen LogP contribution in [0.2, 0.25) is 0 Å². The molecule has 0 amide bonds. The summed E-state index contributed by atoms with van der Waals surface area (Å²) < 4.78 is 0. The maximum Gasteiger partial charge on any atom is 0.0435 e. The lowest BCUT2D eigenvalue weighted by Crippen LogP contribution is -2.15. The maximum absolute atomic E-state index is 6.19. The van der Waals surface area contributed by atoms with Gasteiger partial charge in [-0.15, -0.1) is 0 Å². The Hall–Kier alpha value is -0.890. The van der Waals surface area contributed by atoms with E-state index in [0.717, 1.165) is 12.3 Å². The third-order valence-corrected chi connectivity index (χ3v) is 3.71. The zero-order valence-electron chi connectivity index (χ0n) is 9.08. The van der Waals surface area contributed by atoms with Gasteiger partial charge in [0.2, 0.25) is 0 Å². The molecule has 0 aromatic carbocycles. The van der Waals surface area contributed by atoms with Crippen molar-refractivity contribution >= 4 is 0 Å². The van der Waals surface area contributed by atoms with E-state index >= 15 is 0 Å². The van der Waals surface area contributed by atoms with Crippen molar-refractivity contribution in [2.24, 2.45) is 11.7 Å². The molecule has 3 rings (SSSR count). The molecule has 15 heavy (non-hydrogen) atoms. The molecule has 1 fully saturated rings. The fourth-order valence-electron chi connectivity index (χ4n) is 2.52. The van der Waals surface area contributed by atoms with Gasteiger partial charge < -0.3 is 5.73 Å². The molecule has 2 aliphatic carbocycles. The second-order valence-corrected chi connectivity index (χ2v) is 4.94. The van der Waals surface area contributed by atoms with Crippen molar-refractivity contribution < 1.29 is 0 Å². The molecule has 2 aliphatic rings. The van der Waals surface area contributed by atoms with Gasteiger partial charge in [-0.25, -0.2) is 0 Å². The highest BCUT2D eigenvalue weighted by atomic mass is 14.7. The van der Waals surface area contributed by atoms with Crippen molar-refractivity contribution in [3.05, 3.63) is 29.1 Å². The lowest BCUT2D eigenvalue weighted by atomic mass is 9.93. The number of nitrogens with zero attached hydrogens (tertiary/aromatic N) is 1. The molecule has 1 atom stereocenters. The van der Waals surface area contributed by atoms with Crippen LogP contribution in [0.5, 0.6) is 0 Å². The number of hydrogen-bond donors (Lipinski definition) is 1. The van der Waals surface area contributed by atoms with Gasteiger partial charge in [0.15, 0.2) is 0 Å². The number of hydrogen-bond acceptors (Lipinski definition) is 2. The highest BCUT2D eigenvalue weighted by Crippen LogP contribution is 2.39. The molecule has 1 aromatic rings. The zero-order chi connectivity index (χ0) is 10.3. The highest BCUT2D eigenvalue weighted by molar-refractivity contribution is 5.29. The topological polar surface area (TPSA) is 38.9 Å². The van der Waals surface area contributed by atoms with Crippen molar-refractivity contribution in [1.29, 1.82) is 0 Å². The van der Waals surface area contributed by atoms with Crippen molar-refractivity contribution in [2.75, 3.05) is 0 Å². The molecule has 0 aliphatic heterocycles. The van der Waals surface area contributed by atoms with Crippen molar-refractivity contribution in [3.8, 4) is 0 Å². The summed E-state index contributed by atoms with van der Waals surface area (Å²) in [6.07, 6.45) is 9.59. The van der Waals surface area contributed by atoms with Crippen LogP contribution in [0.1, 0.15) is 48.5 Å². The summed E-state index contributed by atoms with van der Waals surface area (Å²) in [5.74, 6) is 0.730. The summed E-state index contributed by atoms with van der Waals surface area (Å²) in [5, 5.41) is 0. The minimum atomic E-state index is 0.240. The van der Waals surface area contributed by atoms with Crippen LogP contribution in [0.4, 0.5) is 0 Å². The summed E-state index contributed by atoms with van der Waals surface area (Å²) >= 11 is 0. The van der Waals surface area contributed by atoms with Gasteiger partial charge in [-0.2, -0.15) is 0 Å². The Bertz CT molecular complexity index is 369. The molecule has 80 valence electrons. The lowest BCUT2D eigenvalue weighted by Gasteiger charge is -2.17. The van der Waals surface area contributed by atoms with Crippen molar-refractivity contribution in [1.82, 2.24) is 4.98 Å². The lowest BCUT2D eigenvalue weighted by molar-refractivity contribution is 0.618. The maximum atomic E-state index is 6.19. The van der Waals surface area contributed by atoms with Crippen LogP contribution in [0.3, 0.4) is 0 Å². The van der Waals surface area contributed by atoms with Crippen LogP contribution in [-0.4, -0.2) is 4.98 Å². The Morgan fingerprint density at radius 3 is 2.87 bits per heavy atom. The van der Waals surface area contributed by atoms with Gasteiger partial charge in [0.1, 0.15) is 0 Å². The van der Waals surface area contributed by atoms with E-state index in [1.807, 2.05) is 6.20 Å². The van der Waals surface area contributed by atoms with Gasteiger partial charge in [0.05, 0.1) is 0 Å². The Morgan fingerprint density at radius 1 is 1.27 bits per heavy atom. The quantitative estimate of drug-likeness (QED) is 0.799. The smallest absolute Gasteiger partial charge is 0.0435 e.